The van der Waals surface area contributed by atoms with Crippen LogP contribution < -0.4 is 5.73 Å². The van der Waals surface area contributed by atoms with Crippen molar-refractivity contribution in [1.29, 1.82) is 0 Å². The molecule has 0 saturated heterocycles. The highest BCUT2D eigenvalue weighted by molar-refractivity contribution is 9.10. The normalized spacial score (nSPS) is 11.1. The molecule has 0 spiro atoms. The predicted octanol–water partition coefficient (Wildman–Crippen LogP) is 3.57. The summed E-state index contributed by atoms with van der Waals surface area (Å²) < 4.78 is 0.937. The van der Waals surface area contributed by atoms with E-state index >= 15 is 0 Å². The number of nitrogens with one attached hydrogen (secondary N) is 1. The number of nitrogens with zero attached hydrogens (tertiary/aromatic N) is 1. The number of hydrogen-bond acceptors (Lipinski definition) is 2. The van der Waals surface area contributed by atoms with Gasteiger partial charge in [0, 0.05) is 12.0 Å². The first-order chi connectivity index (χ1) is 8.95. The molecular weight excluding hydrogens is 302 g/mol. The van der Waals surface area contributed by atoms with Gasteiger partial charge in [-0.2, -0.15) is 0 Å². The average Bonchev–Trinajstić information content (AvgIpc) is 2.69. The second-order valence-corrected chi connectivity index (χ2v) is 5.81. The summed E-state index contributed by atoms with van der Waals surface area (Å²) in [6, 6.07) is 2.23. The number of nitrogens with two attached hydrogens (primary N) is 1. The zero-order valence-electron chi connectivity index (χ0n) is 11.9. The Morgan fingerprint density at radius 3 is 2.26 bits per heavy atom. The van der Waals surface area contributed by atoms with Crippen LogP contribution in [-0.2, 0) is 6.42 Å². The van der Waals surface area contributed by atoms with Crippen LogP contribution in [0.1, 0.15) is 28.1 Å². The van der Waals surface area contributed by atoms with Crippen molar-refractivity contribution in [3.63, 3.8) is 0 Å². The molecule has 0 amide bonds. The van der Waals surface area contributed by atoms with Gasteiger partial charge in [-0.15, -0.1) is 0 Å². The van der Waals surface area contributed by atoms with Crippen molar-refractivity contribution in [2.45, 2.75) is 34.1 Å². The number of rotatable bonds is 3. The quantitative estimate of drug-likeness (QED) is 0.907. The SMILES string of the molecule is Cc1cc(C)c(C)c(-c2nc(CCN)[nH]c2Br)c1C. The first-order valence-electron chi connectivity index (χ1n) is 6.48. The molecule has 3 nitrogen and oxygen atoms in total. The van der Waals surface area contributed by atoms with Crippen LogP contribution >= 0.6 is 15.9 Å². The molecule has 0 bridgehead atoms. The topological polar surface area (TPSA) is 54.7 Å². The van der Waals surface area contributed by atoms with Crippen LogP contribution in [0, 0.1) is 27.7 Å². The molecule has 0 aliphatic heterocycles. The van der Waals surface area contributed by atoms with E-state index in [1.54, 1.807) is 0 Å². The van der Waals surface area contributed by atoms with Gasteiger partial charge in [0.2, 0.25) is 0 Å². The van der Waals surface area contributed by atoms with E-state index in [2.05, 4.69) is 54.7 Å². The third-order valence-corrected chi connectivity index (χ3v) is 4.27. The minimum absolute atomic E-state index is 0.601. The number of aromatic amines is 1. The molecule has 0 radical (unpaired) electrons. The first-order valence-corrected chi connectivity index (χ1v) is 7.27. The van der Waals surface area contributed by atoms with Gasteiger partial charge in [-0.25, -0.2) is 4.98 Å². The van der Waals surface area contributed by atoms with E-state index in [9.17, 15) is 0 Å². The molecule has 2 aromatic rings. The molecule has 102 valence electrons. The number of hydrogen-bond donors (Lipinski definition) is 2. The molecule has 4 heteroatoms. The second-order valence-electron chi connectivity index (χ2n) is 5.02. The molecule has 1 heterocycles. The smallest absolute Gasteiger partial charge is 0.110 e. The molecule has 1 aromatic heterocycles. The fourth-order valence-electron chi connectivity index (χ4n) is 2.39. The highest BCUT2D eigenvalue weighted by atomic mass is 79.9. The molecule has 0 saturated carbocycles. The minimum Gasteiger partial charge on any atom is -0.336 e. The Morgan fingerprint density at radius 2 is 1.74 bits per heavy atom. The minimum atomic E-state index is 0.601. The molecule has 0 atom stereocenters. The van der Waals surface area contributed by atoms with Crippen LogP contribution in [0.2, 0.25) is 0 Å². The van der Waals surface area contributed by atoms with Crippen LogP contribution in [-0.4, -0.2) is 16.5 Å². The van der Waals surface area contributed by atoms with Crippen LogP contribution in [0.5, 0.6) is 0 Å². The Labute approximate surface area is 122 Å². The molecule has 2 rings (SSSR count). The summed E-state index contributed by atoms with van der Waals surface area (Å²) in [6.45, 7) is 9.20. The zero-order chi connectivity index (χ0) is 14.2. The van der Waals surface area contributed by atoms with Crippen molar-refractivity contribution >= 4 is 15.9 Å². The Balaban J connectivity index is 2.65. The van der Waals surface area contributed by atoms with Crippen LogP contribution in [0.4, 0.5) is 0 Å². The van der Waals surface area contributed by atoms with E-state index in [-0.39, 0.29) is 0 Å². The lowest BCUT2D eigenvalue weighted by molar-refractivity contribution is 0.893. The highest BCUT2D eigenvalue weighted by Gasteiger charge is 2.16. The number of aromatic nitrogens is 2. The predicted molar refractivity (Wildman–Crippen MR) is 83.4 cm³/mol. The Bertz CT molecular complexity index is 588. The summed E-state index contributed by atoms with van der Waals surface area (Å²) >= 11 is 3.58. The highest BCUT2D eigenvalue weighted by Crippen LogP contribution is 2.34. The number of aryl methyl sites for hydroxylation is 2. The molecule has 0 aliphatic rings. The van der Waals surface area contributed by atoms with Crippen molar-refractivity contribution in [2.75, 3.05) is 6.54 Å². The van der Waals surface area contributed by atoms with Crippen molar-refractivity contribution in [1.82, 2.24) is 9.97 Å². The van der Waals surface area contributed by atoms with Gasteiger partial charge in [0.1, 0.15) is 16.1 Å². The molecule has 19 heavy (non-hydrogen) atoms. The third-order valence-electron chi connectivity index (χ3n) is 3.69. The summed E-state index contributed by atoms with van der Waals surface area (Å²) in [5, 5.41) is 0. The monoisotopic (exact) mass is 321 g/mol. The van der Waals surface area contributed by atoms with Crippen molar-refractivity contribution in [2.24, 2.45) is 5.73 Å². The fourth-order valence-corrected chi connectivity index (χ4v) is 2.91. The van der Waals surface area contributed by atoms with Gasteiger partial charge < -0.3 is 10.7 Å². The Morgan fingerprint density at radius 1 is 1.16 bits per heavy atom. The van der Waals surface area contributed by atoms with Crippen LogP contribution in [0.25, 0.3) is 11.3 Å². The van der Waals surface area contributed by atoms with E-state index in [0.29, 0.717) is 6.54 Å². The van der Waals surface area contributed by atoms with Crippen molar-refractivity contribution < 1.29 is 0 Å². The lowest BCUT2D eigenvalue weighted by Crippen LogP contribution is -2.04. The zero-order valence-corrected chi connectivity index (χ0v) is 13.5. The molecule has 1 aromatic carbocycles. The van der Waals surface area contributed by atoms with Gasteiger partial charge in [0.05, 0.1) is 0 Å². The number of imidazole rings is 1. The van der Waals surface area contributed by atoms with E-state index in [4.69, 9.17) is 10.7 Å². The summed E-state index contributed by atoms with van der Waals surface area (Å²) in [7, 11) is 0. The van der Waals surface area contributed by atoms with Gasteiger partial charge in [0.25, 0.3) is 0 Å². The maximum atomic E-state index is 5.59. The molecule has 0 fully saturated rings. The number of halogens is 1. The summed E-state index contributed by atoms with van der Waals surface area (Å²) in [4.78, 5) is 7.95. The fraction of sp³-hybridized carbons (Fsp3) is 0.400. The lowest BCUT2D eigenvalue weighted by Gasteiger charge is -2.13. The maximum absolute atomic E-state index is 5.59. The largest absolute Gasteiger partial charge is 0.336 e. The molecule has 3 N–H and O–H groups in total. The molecule has 0 aliphatic carbocycles. The summed E-state index contributed by atoms with van der Waals surface area (Å²) in [5.74, 6) is 0.933. The Kier molecular flexibility index (Phi) is 4.11. The second kappa shape index (κ2) is 5.47. The Hall–Kier alpha value is -1.13. The standard InChI is InChI=1S/C15H20BrN3/c1-8-7-9(2)11(4)13(10(8)3)14-15(16)19-12(18-14)5-6-17/h7H,5-6,17H2,1-4H3,(H,18,19). The van der Waals surface area contributed by atoms with E-state index in [0.717, 1.165) is 22.5 Å². The number of H-pyrrole nitrogens is 1. The van der Waals surface area contributed by atoms with E-state index in [1.807, 2.05) is 0 Å². The van der Waals surface area contributed by atoms with Gasteiger partial charge in [0.15, 0.2) is 0 Å². The van der Waals surface area contributed by atoms with Crippen molar-refractivity contribution in [3.8, 4) is 11.3 Å². The van der Waals surface area contributed by atoms with E-state index < -0.39 is 0 Å². The van der Waals surface area contributed by atoms with Crippen molar-refractivity contribution in [3.05, 3.63) is 38.7 Å². The third kappa shape index (κ3) is 2.60. The molecule has 0 unspecified atom stereocenters. The number of benzene rings is 1. The van der Waals surface area contributed by atoms with Gasteiger partial charge in [-0.05, 0) is 72.4 Å². The van der Waals surface area contributed by atoms with Gasteiger partial charge in [-0.1, -0.05) is 6.07 Å². The van der Waals surface area contributed by atoms with E-state index in [1.165, 1.54) is 27.8 Å². The lowest BCUT2D eigenvalue weighted by atomic mass is 9.93. The summed E-state index contributed by atoms with van der Waals surface area (Å²) in [5.41, 5.74) is 13.0. The first kappa shape index (κ1) is 14.3. The average molecular weight is 322 g/mol. The maximum Gasteiger partial charge on any atom is 0.110 e. The van der Waals surface area contributed by atoms with Crippen LogP contribution in [0.3, 0.4) is 0 Å². The van der Waals surface area contributed by atoms with Gasteiger partial charge >= 0.3 is 0 Å². The molecular formula is C15H20BrN3. The van der Waals surface area contributed by atoms with Gasteiger partial charge in [-0.3, -0.25) is 0 Å². The van der Waals surface area contributed by atoms with Crippen LogP contribution in [0.15, 0.2) is 10.7 Å². The summed E-state index contributed by atoms with van der Waals surface area (Å²) in [6.07, 6.45) is 0.765.